The van der Waals surface area contributed by atoms with Crippen molar-refractivity contribution in [2.45, 2.75) is 32.6 Å². The van der Waals surface area contributed by atoms with E-state index in [2.05, 4.69) is 15.9 Å². The Morgan fingerprint density at radius 3 is 2.73 bits per heavy atom. The van der Waals surface area contributed by atoms with E-state index in [1.54, 1.807) is 0 Å². The van der Waals surface area contributed by atoms with Crippen molar-refractivity contribution < 1.29 is 9.90 Å². The van der Waals surface area contributed by atoms with Crippen LogP contribution in [0.5, 0.6) is 5.75 Å². The highest BCUT2D eigenvalue weighted by molar-refractivity contribution is 9.10. The van der Waals surface area contributed by atoms with Crippen molar-refractivity contribution in [3.8, 4) is 5.75 Å². The summed E-state index contributed by atoms with van der Waals surface area (Å²) in [6, 6.07) is 1.84. The molecule has 1 aromatic carbocycles. The van der Waals surface area contributed by atoms with E-state index in [4.69, 9.17) is 0 Å². The Kier molecular flexibility index (Phi) is 2.83. The highest BCUT2D eigenvalue weighted by Crippen LogP contribution is 2.37. The van der Waals surface area contributed by atoms with E-state index in [1.807, 2.05) is 6.07 Å². The van der Waals surface area contributed by atoms with Crippen LogP contribution < -0.4 is 0 Å². The molecule has 0 fully saturated rings. The van der Waals surface area contributed by atoms with Crippen LogP contribution in [0.25, 0.3) is 0 Å². The highest BCUT2D eigenvalue weighted by Gasteiger charge is 2.19. The number of Topliss-reactive ketones (excluding diaryl/α,β-unsaturated/α-hetero) is 1. The lowest BCUT2D eigenvalue weighted by molar-refractivity contribution is 0.101. The number of phenols is 1. The number of aromatic hydroxyl groups is 1. The Labute approximate surface area is 97.4 Å². The third-order valence-electron chi connectivity index (χ3n) is 2.94. The summed E-state index contributed by atoms with van der Waals surface area (Å²) in [7, 11) is 0. The minimum atomic E-state index is -0.0819. The zero-order chi connectivity index (χ0) is 11.0. The van der Waals surface area contributed by atoms with Crippen LogP contribution in [-0.2, 0) is 12.8 Å². The predicted octanol–water partition coefficient (Wildman–Crippen LogP) is 3.24. The molecule has 1 aliphatic rings. The van der Waals surface area contributed by atoms with Gasteiger partial charge in [-0.15, -0.1) is 0 Å². The molecule has 3 heteroatoms. The van der Waals surface area contributed by atoms with Gasteiger partial charge in [-0.25, -0.2) is 0 Å². The molecule has 2 nitrogen and oxygen atoms in total. The number of phenolic OH excluding ortho intramolecular Hbond substituents is 1. The molecule has 0 atom stereocenters. The lowest BCUT2D eigenvalue weighted by Gasteiger charge is -2.19. The smallest absolute Gasteiger partial charge is 0.163 e. The number of aryl methyl sites for hydroxylation is 1. The van der Waals surface area contributed by atoms with Crippen LogP contribution in [0.1, 0.15) is 41.3 Å². The average Bonchev–Trinajstić information content (AvgIpc) is 2.23. The quantitative estimate of drug-likeness (QED) is 0.795. The molecule has 0 saturated heterocycles. The Morgan fingerprint density at radius 2 is 2.07 bits per heavy atom. The molecule has 0 aliphatic heterocycles. The fraction of sp³-hybridized carbons (Fsp3) is 0.417. The summed E-state index contributed by atoms with van der Waals surface area (Å²) in [6.07, 6.45) is 4.32. The maximum atomic E-state index is 11.3. The van der Waals surface area contributed by atoms with E-state index in [9.17, 15) is 9.90 Å². The maximum Gasteiger partial charge on any atom is 0.163 e. The second-order valence-corrected chi connectivity index (χ2v) is 4.78. The van der Waals surface area contributed by atoms with E-state index in [-0.39, 0.29) is 11.5 Å². The van der Waals surface area contributed by atoms with Gasteiger partial charge in [0.1, 0.15) is 5.75 Å². The highest BCUT2D eigenvalue weighted by atomic mass is 79.9. The summed E-state index contributed by atoms with van der Waals surface area (Å²) >= 11 is 3.38. The number of rotatable bonds is 1. The molecule has 1 aromatic rings. The molecule has 80 valence electrons. The van der Waals surface area contributed by atoms with Crippen LogP contribution in [0, 0.1) is 0 Å². The number of halogens is 1. The first-order valence-corrected chi connectivity index (χ1v) is 5.94. The van der Waals surface area contributed by atoms with E-state index in [0.717, 1.165) is 19.3 Å². The number of ketones is 1. The van der Waals surface area contributed by atoms with Gasteiger partial charge >= 0.3 is 0 Å². The SMILES string of the molecule is CC(=O)c1cc2c(c(Br)c1O)CCCC2. The van der Waals surface area contributed by atoms with Crippen molar-refractivity contribution in [3.63, 3.8) is 0 Å². The molecule has 0 unspecified atom stereocenters. The van der Waals surface area contributed by atoms with E-state index >= 15 is 0 Å². The average molecular weight is 269 g/mol. The van der Waals surface area contributed by atoms with E-state index < -0.39 is 0 Å². The second kappa shape index (κ2) is 3.97. The summed E-state index contributed by atoms with van der Waals surface area (Å²) < 4.78 is 0.713. The second-order valence-electron chi connectivity index (χ2n) is 3.99. The van der Waals surface area contributed by atoms with Crippen LogP contribution in [0.2, 0.25) is 0 Å². The molecule has 0 saturated carbocycles. The molecule has 0 aromatic heterocycles. The summed E-state index contributed by atoms with van der Waals surface area (Å²) in [4.78, 5) is 11.3. The molecule has 0 amide bonds. The first-order chi connectivity index (χ1) is 7.11. The molecular formula is C12H13BrO2. The largest absolute Gasteiger partial charge is 0.506 e. The lowest BCUT2D eigenvalue weighted by Crippen LogP contribution is -2.06. The number of carbonyl (C=O) groups excluding carboxylic acids is 1. The Bertz CT molecular complexity index is 424. The number of benzene rings is 1. The van der Waals surface area contributed by atoms with Gasteiger partial charge in [-0.3, -0.25) is 4.79 Å². The van der Waals surface area contributed by atoms with Gasteiger partial charge in [0.15, 0.2) is 5.78 Å². The number of fused-ring (bicyclic) bond motifs is 1. The van der Waals surface area contributed by atoms with Gasteiger partial charge in [0, 0.05) is 0 Å². The summed E-state index contributed by atoms with van der Waals surface area (Å²) in [6.45, 7) is 1.48. The minimum Gasteiger partial charge on any atom is -0.506 e. The van der Waals surface area contributed by atoms with Crippen molar-refractivity contribution in [2.24, 2.45) is 0 Å². The van der Waals surface area contributed by atoms with Crippen molar-refractivity contribution >= 4 is 21.7 Å². The van der Waals surface area contributed by atoms with Gasteiger partial charge in [-0.2, -0.15) is 0 Å². The zero-order valence-electron chi connectivity index (χ0n) is 8.64. The van der Waals surface area contributed by atoms with Crippen LogP contribution in [0.4, 0.5) is 0 Å². The Morgan fingerprint density at radius 1 is 1.40 bits per heavy atom. The fourth-order valence-electron chi connectivity index (χ4n) is 2.11. The Hall–Kier alpha value is -0.830. The normalized spacial score (nSPS) is 14.8. The van der Waals surface area contributed by atoms with Crippen LogP contribution >= 0.6 is 15.9 Å². The van der Waals surface area contributed by atoms with E-state index in [1.165, 1.54) is 24.5 Å². The zero-order valence-corrected chi connectivity index (χ0v) is 10.2. The summed E-state index contributed by atoms with van der Waals surface area (Å²) in [5, 5.41) is 9.86. The summed E-state index contributed by atoms with van der Waals surface area (Å²) in [5.41, 5.74) is 2.81. The predicted molar refractivity (Wildman–Crippen MR) is 62.5 cm³/mol. The molecule has 1 aliphatic carbocycles. The van der Waals surface area contributed by atoms with Crippen LogP contribution in [-0.4, -0.2) is 10.9 Å². The first kappa shape index (κ1) is 10.7. The minimum absolute atomic E-state index is 0.0819. The van der Waals surface area contributed by atoms with Gasteiger partial charge in [-0.1, -0.05) is 0 Å². The van der Waals surface area contributed by atoms with Crippen molar-refractivity contribution in [2.75, 3.05) is 0 Å². The van der Waals surface area contributed by atoms with Crippen LogP contribution in [0.15, 0.2) is 10.5 Å². The van der Waals surface area contributed by atoms with Gasteiger partial charge in [0.2, 0.25) is 0 Å². The Balaban J connectivity index is 2.63. The number of hydrogen-bond donors (Lipinski definition) is 1. The fourth-order valence-corrected chi connectivity index (χ4v) is 2.78. The lowest BCUT2D eigenvalue weighted by atomic mass is 9.89. The maximum absolute atomic E-state index is 11.3. The monoisotopic (exact) mass is 268 g/mol. The first-order valence-electron chi connectivity index (χ1n) is 5.15. The molecule has 15 heavy (non-hydrogen) atoms. The topological polar surface area (TPSA) is 37.3 Å². The molecule has 0 spiro atoms. The molecular weight excluding hydrogens is 256 g/mol. The number of hydrogen-bond acceptors (Lipinski definition) is 2. The molecule has 0 bridgehead atoms. The summed E-state index contributed by atoms with van der Waals surface area (Å²) in [5.74, 6) is 0.0183. The third kappa shape index (κ3) is 1.81. The molecule has 0 heterocycles. The van der Waals surface area contributed by atoms with Crippen molar-refractivity contribution in [3.05, 3.63) is 27.2 Å². The molecule has 2 rings (SSSR count). The molecule has 1 N–H and O–H groups in total. The van der Waals surface area contributed by atoms with Crippen LogP contribution in [0.3, 0.4) is 0 Å². The van der Waals surface area contributed by atoms with Crippen molar-refractivity contribution in [1.82, 2.24) is 0 Å². The number of carbonyl (C=O) groups is 1. The molecule has 0 radical (unpaired) electrons. The van der Waals surface area contributed by atoms with Crippen molar-refractivity contribution in [1.29, 1.82) is 0 Å². The van der Waals surface area contributed by atoms with Gasteiger partial charge < -0.3 is 5.11 Å². The van der Waals surface area contributed by atoms with E-state index in [0.29, 0.717) is 10.0 Å². The van der Waals surface area contributed by atoms with Gasteiger partial charge in [-0.05, 0) is 65.7 Å². The van der Waals surface area contributed by atoms with Gasteiger partial charge in [0.25, 0.3) is 0 Å². The standard InChI is InChI=1S/C12H13BrO2/c1-7(14)10-6-8-4-2-3-5-9(8)11(13)12(10)15/h6,15H,2-5H2,1H3. The third-order valence-corrected chi connectivity index (χ3v) is 3.79. The van der Waals surface area contributed by atoms with Gasteiger partial charge in [0.05, 0.1) is 10.0 Å².